The van der Waals surface area contributed by atoms with Gasteiger partial charge in [0.1, 0.15) is 11.5 Å². The van der Waals surface area contributed by atoms with Gasteiger partial charge in [0.05, 0.1) is 0 Å². The minimum Gasteiger partial charge on any atom is -0.457 e. The van der Waals surface area contributed by atoms with Crippen LogP contribution in [-0.4, -0.2) is 19.0 Å². The van der Waals surface area contributed by atoms with Crippen LogP contribution in [-0.2, 0) is 4.79 Å². The molecule has 0 saturated carbocycles. The van der Waals surface area contributed by atoms with Crippen molar-refractivity contribution in [3.05, 3.63) is 54.6 Å². The standard InChI is InChI=1S/C19H24N2O2/c1-15(2)14-20-13-12-19(22)21-16-8-10-18(11-9-16)23-17-6-4-3-5-7-17/h3-11,15,20H,12-14H2,1-2H3,(H,21,22). The molecule has 0 unspecified atom stereocenters. The van der Waals surface area contributed by atoms with E-state index in [9.17, 15) is 4.79 Å². The second-order valence-electron chi connectivity index (χ2n) is 5.84. The smallest absolute Gasteiger partial charge is 0.225 e. The molecule has 4 heteroatoms. The van der Waals surface area contributed by atoms with Crippen molar-refractivity contribution in [2.45, 2.75) is 20.3 Å². The second kappa shape index (κ2) is 8.96. The van der Waals surface area contributed by atoms with Crippen LogP contribution in [0.25, 0.3) is 0 Å². The Labute approximate surface area is 137 Å². The van der Waals surface area contributed by atoms with E-state index in [0.29, 0.717) is 18.9 Å². The van der Waals surface area contributed by atoms with Crippen LogP contribution >= 0.6 is 0 Å². The molecule has 4 nitrogen and oxygen atoms in total. The third-order valence-electron chi connectivity index (χ3n) is 3.20. The second-order valence-corrected chi connectivity index (χ2v) is 5.84. The molecule has 0 aliphatic rings. The van der Waals surface area contributed by atoms with E-state index >= 15 is 0 Å². The van der Waals surface area contributed by atoms with Crippen LogP contribution in [0.4, 0.5) is 5.69 Å². The lowest BCUT2D eigenvalue weighted by molar-refractivity contribution is -0.116. The molecule has 0 radical (unpaired) electrons. The normalized spacial score (nSPS) is 10.6. The van der Waals surface area contributed by atoms with Crippen molar-refractivity contribution < 1.29 is 9.53 Å². The number of carbonyl (C=O) groups excluding carboxylic acids is 1. The zero-order valence-electron chi connectivity index (χ0n) is 13.7. The fraction of sp³-hybridized carbons (Fsp3) is 0.316. The Hall–Kier alpha value is -2.33. The Morgan fingerprint density at radius 2 is 1.65 bits per heavy atom. The maximum absolute atomic E-state index is 11.9. The van der Waals surface area contributed by atoms with Gasteiger partial charge in [-0.05, 0) is 48.9 Å². The van der Waals surface area contributed by atoms with Crippen LogP contribution in [0, 0.1) is 5.92 Å². The van der Waals surface area contributed by atoms with Gasteiger partial charge in [-0.3, -0.25) is 4.79 Å². The van der Waals surface area contributed by atoms with E-state index in [2.05, 4.69) is 24.5 Å². The van der Waals surface area contributed by atoms with Gasteiger partial charge in [-0.25, -0.2) is 0 Å². The van der Waals surface area contributed by atoms with Crippen LogP contribution in [0.2, 0.25) is 0 Å². The molecule has 0 heterocycles. The van der Waals surface area contributed by atoms with E-state index < -0.39 is 0 Å². The van der Waals surface area contributed by atoms with E-state index in [1.165, 1.54) is 0 Å². The number of rotatable bonds is 8. The summed E-state index contributed by atoms with van der Waals surface area (Å²) in [5, 5.41) is 6.14. The van der Waals surface area contributed by atoms with Crippen LogP contribution in [0.3, 0.4) is 0 Å². The third kappa shape index (κ3) is 6.53. The lowest BCUT2D eigenvalue weighted by Crippen LogP contribution is -2.24. The number of hydrogen-bond donors (Lipinski definition) is 2. The molecule has 122 valence electrons. The SMILES string of the molecule is CC(C)CNCCC(=O)Nc1ccc(Oc2ccccc2)cc1. The predicted octanol–water partition coefficient (Wildman–Crippen LogP) is 4.05. The monoisotopic (exact) mass is 312 g/mol. The Kier molecular flexibility index (Phi) is 6.63. The van der Waals surface area contributed by atoms with Crippen LogP contribution in [0.15, 0.2) is 54.6 Å². The highest BCUT2D eigenvalue weighted by Crippen LogP contribution is 2.22. The van der Waals surface area contributed by atoms with Crippen molar-refractivity contribution in [2.24, 2.45) is 5.92 Å². The summed E-state index contributed by atoms with van der Waals surface area (Å²) in [5.74, 6) is 2.14. The summed E-state index contributed by atoms with van der Waals surface area (Å²) in [6.45, 7) is 5.91. The number of amides is 1. The summed E-state index contributed by atoms with van der Waals surface area (Å²) in [7, 11) is 0. The summed E-state index contributed by atoms with van der Waals surface area (Å²) in [6, 6.07) is 17.0. The lowest BCUT2D eigenvalue weighted by Gasteiger charge is -2.09. The Bertz CT molecular complexity index is 595. The van der Waals surface area contributed by atoms with Crippen molar-refractivity contribution in [3.63, 3.8) is 0 Å². The van der Waals surface area contributed by atoms with Gasteiger partial charge in [0, 0.05) is 18.7 Å². The number of carbonyl (C=O) groups is 1. The minimum absolute atomic E-state index is 0.0120. The molecule has 2 aromatic rings. The zero-order valence-corrected chi connectivity index (χ0v) is 13.7. The van der Waals surface area contributed by atoms with Crippen molar-refractivity contribution in [1.82, 2.24) is 5.32 Å². The average Bonchev–Trinajstić information content (AvgIpc) is 2.54. The Morgan fingerprint density at radius 3 is 2.30 bits per heavy atom. The molecule has 2 rings (SSSR count). The largest absolute Gasteiger partial charge is 0.457 e. The molecule has 23 heavy (non-hydrogen) atoms. The first kappa shape index (κ1) is 17.0. The zero-order chi connectivity index (χ0) is 16.5. The highest BCUT2D eigenvalue weighted by atomic mass is 16.5. The molecule has 0 aliphatic carbocycles. The molecule has 1 amide bonds. The number of ether oxygens (including phenoxy) is 1. The van der Waals surface area contributed by atoms with Gasteiger partial charge in [-0.15, -0.1) is 0 Å². The molecule has 0 spiro atoms. The molecular formula is C19H24N2O2. The molecule has 0 saturated heterocycles. The highest BCUT2D eigenvalue weighted by Gasteiger charge is 2.03. The molecule has 0 aliphatic heterocycles. The van der Waals surface area contributed by atoms with Gasteiger partial charge < -0.3 is 15.4 Å². The summed E-state index contributed by atoms with van der Waals surface area (Å²) in [4.78, 5) is 11.9. The number of benzene rings is 2. The Morgan fingerprint density at radius 1 is 1.00 bits per heavy atom. The van der Waals surface area contributed by atoms with Crippen molar-refractivity contribution in [2.75, 3.05) is 18.4 Å². The summed E-state index contributed by atoms with van der Waals surface area (Å²) >= 11 is 0. The summed E-state index contributed by atoms with van der Waals surface area (Å²) < 4.78 is 5.72. The van der Waals surface area contributed by atoms with Crippen molar-refractivity contribution in [3.8, 4) is 11.5 Å². The summed E-state index contributed by atoms with van der Waals surface area (Å²) in [6.07, 6.45) is 0.467. The van der Waals surface area contributed by atoms with E-state index in [1.807, 2.05) is 54.6 Å². The minimum atomic E-state index is 0.0120. The van der Waals surface area contributed by atoms with Gasteiger partial charge in [0.2, 0.25) is 5.91 Å². The van der Waals surface area contributed by atoms with Gasteiger partial charge in [0.25, 0.3) is 0 Å². The number of hydrogen-bond acceptors (Lipinski definition) is 3. The number of nitrogens with one attached hydrogen (secondary N) is 2. The van der Waals surface area contributed by atoms with E-state index in [0.717, 1.165) is 23.7 Å². The van der Waals surface area contributed by atoms with Crippen molar-refractivity contribution >= 4 is 11.6 Å². The number of para-hydroxylation sites is 1. The average molecular weight is 312 g/mol. The molecule has 0 aromatic heterocycles. The first-order valence-electron chi connectivity index (χ1n) is 7.97. The van der Waals surface area contributed by atoms with E-state index in [-0.39, 0.29) is 5.91 Å². The lowest BCUT2D eigenvalue weighted by atomic mass is 10.2. The van der Waals surface area contributed by atoms with E-state index in [4.69, 9.17) is 4.74 Å². The first-order chi connectivity index (χ1) is 11.1. The quantitative estimate of drug-likeness (QED) is 0.723. The maximum atomic E-state index is 11.9. The molecule has 0 atom stereocenters. The topological polar surface area (TPSA) is 50.4 Å². The van der Waals surface area contributed by atoms with E-state index in [1.54, 1.807) is 0 Å². The Balaban J connectivity index is 1.77. The molecule has 0 fully saturated rings. The maximum Gasteiger partial charge on any atom is 0.225 e. The summed E-state index contributed by atoms with van der Waals surface area (Å²) in [5.41, 5.74) is 0.777. The van der Waals surface area contributed by atoms with Crippen molar-refractivity contribution in [1.29, 1.82) is 0 Å². The van der Waals surface area contributed by atoms with Gasteiger partial charge >= 0.3 is 0 Å². The molecular weight excluding hydrogens is 288 g/mol. The van der Waals surface area contributed by atoms with Crippen LogP contribution in [0.1, 0.15) is 20.3 Å². The molecule has 2 N–H and O–H groups in total. The van der Waals surface area contributed by atoms with Gasteiger partial charge in [0.15, 0.2) is 0 Å². The predicted molar refractivity (Wildman–Crippen MR) is 93.9 cm³/mol. The van der Waals surface area contributed by atoms with Gasteiger partial charge in [-0.2, -0.15) is 0 Å². The molecule has 2 aromatic carbocycles. The fourth-order valence-electron chi connectivity index (χ4n) is 2.05. The van der Waals surface area contributed by atoms with Gasteiger partial charge in [-0.1, -0.05) is 32.0 Å². The van der Waals surface area contributed by atoms with Crippen LogP contribution in [0.5, 0.6) is 11.5 Å². The third-order valence-corrected chi connectivity index (χ3v) is 3.20. The fourth-order valence-corrected chi connectivity index (χ4v) is 2.05. The first-order valence-corrected chi connectivity index (χ1v) is 7.97. The van der Waals surface area contributed by atoms with Crippen LogP contribution < -0.4 is 15.4 Å². The highest BCUT2D eigenvalue weighted by molar-refractivity contribution is 5.90. The molecule has 0 bridgehead atoms. The number of anilines is 1.